The molecule has 0 saturated carbocycles. The molecular weight excluding hydrogens is 294 g/mol. The van der Waals surface area contributed by atoms with Crippen molar-refractivity contribution in [3.63, 3.8) is 0 Å². The normalized spacial score (nSPS) is 14.9. The Morgan fingerprint density at radius 1 is 1.13 bits per heavy atom. The highest BCUT2D eigenvalue weighted by Gasteiger charge is 2.22. The number of piperazine rings is 1. The molecule has 6 nitrogen and oxygen atoms in total. The molecule has 0 bridgehead atoms. The fourth-order valence-electron chi connectivity index (χ4n) is 2.74. The molecule has 1 aromatic rings. The van der Waals surface area contributed by atoms with Crippen LogP contribution >= 0.6 is 0 Å². The molecule has 0 spiro atoms. The van der Waals surface area contributed by atoms with Gasteiger partial charge in [-0.1, -0.05) is 12.1 Å². The van der Waals surface area contributed by atoms with E-state index >= 15 is 0 Å². The average Bonchev–Trinajstić information content (AvgIpc) is 2.61. The fraction of sp³-hybridized carbons (Fsp3) is 0.588. The van der Waals surface area contributed by atoms with Crippen LogP contribution in [0.4, 0.5) is 5.69 Å². The summed E-state index contributed by atoms with van der Waals surface area (Å²) in [7, 11) is 3.36. The first-order valence-electron chi connectivity index (χ1n) is 8.11. The van der Waals surface area contributed by atoms with Gasteiger partial charge in [-0.25, -0.2) is 0 Å². The molecule has 1 aliphatic rings. The number of benzene rings is 1. The van der Waals surface area contributed by atoms with Gasteiger partial charge in [-0.2, -0.15) is 0 Å². The van der Waals surface area contributed by atoms with Crippen molar-refractivity contribution in [2.45, 2.75) is 6.42 Å². The first-order valence-corrected chi connectivity index (χ1v) is 8.11. The summed E-state index contributed by atoms with van der Waals surface area (Å²) < 4.78 is 10.4. The molecule has 1 aliphatic heterocycles. The molecule has 1 aromatic carbocycles. The first kappa shape index (κ1) is 17.6. The van der Waals surface area contributed by atoms with E-state index in [2.05, 4.69) is 16.3 Å². The van der Waals surface area contributed by atoms with Crippen LogP contribution < -0.4 is 15.0 Å². The highest BCUT2D eigenvalue weighted by atomic mass is 16.5. The second kappa shape index (κ2) is 9.37. The van der Waals surface area contributed by atoms with E-state index in [9.17, 15) is 4.79 Å². The molecule has 1 fully saturated rings. The van der Waals surface area contributed by atoms with Crippen molar-refractivity contribution in [2.24, 2.45) is 0 Å². The molecule has 23 heavy (non-hydrogen) atoms. The van der Waals surface area contributed by atoms with Gasteiger partial charge in [-0.05, 0) is 12.1 Å². The molecule has 128 valence electrons. The van der Waals surface area contributed by atoms with Gasteiger partial charge in [0.2, 0.25) is 5.91 Å². The van der Waals surface area contributed by atoms with E-state index < -0.39 is 0 Å². The third kappa shape index (κ3) is 5.11. The second-order valence-corrected chi connectivity index (χ2v) is 5.53. The summed E-state index contributed by atoms with van der Waals surface area (Å²) in [6.07, 6.45) is 0.540. The number of anilines is 1. The molecule has 2 rings (SSSR count). The van der Waals surface area contributed by atoms with E-state index in [0.29, 0.717) is 19.6 Å². The molecule has 1 heterocycles. The Balaban J connectivity index is 1.76. The lowest BCUT2D eigenvalue weighted by molar-refractivity contribution is -0.131. The monoisotopic (exact) mass is 321 g/mol. The largest absolute Gasteiger partial charge is 0.495 e. The van der Waals surface area contributed by atoms with Crippen LogP contribution in [0.3, 0.4) is 0 Å². The summed E-state index contributed by atoms with van der Waals surface area (Å²) in [5.41, 5.74) is 1.10. The third-order valence-corrected chi connectivity index (χ3v) is 4.06. The molecule has 1 saturated heterocycles. The highest BCUT2D eigenvalue weighted by molar-refractivity contribution is 5.76. The quantitative estimate of drug-likeness (QED) is 0.723. The number of para-hydroxylation sites is 2. The molecule has 0 unspecified atom stereocenters. The number of carbonyl (C=O) groups excluding carboxylic acids is 1. The van der Waals surface area contributed by atoms with Crippen molar-refractivity contribution in [1.82, 2.24) is 10.2 Å². The Hall–Kier alpha value is -1.79. The third-order valence-electron chi connectivity index (χ3n) is 4.06. The maximum absolute atomic E-state index is 12.2. The van der Waals surface area contributed by atoms with Crippen LogP contribution in [0.5, 0.6) is 5.75 Å². The molecule has 0 aliphatic carbocycles. The summed E-state index contributed by atoms with van der Waals surface area (Å²) in [5, 5.41) is 3.21. The maximum atomic E-state index is 12.2. The van der Waals surface area contributed by atoms with Crippen LogP contribution in [0.2, 0.25) is 0 Å². The lowest BCUT2D eigenvalue weighted by Gasteiger charge is -2.36. The lowest BCUT2D eigenvalue weighted by atomic mass is 10.2. The number of rotatable bonds is 8. The number of ether oxygens (including phenoxy) is 2. The van der Waals surface area contributed by atoms with Gasteiger partial charge in [-0.3, -0.25) is 4.79 Å². The summed E-state index contributed by atoms with van der Waals surface area (Å²) in [4.78, 5) is 16.4. The predicted molar refractivity (Wildman–Crippen MR) is 91.1 cm³/mol. The standard InChI is InChI=1S/C17H27N3O3/c1-22-14-9-18-8-7-17(21)20-12-10-19(11-13-20)15-5-3-4-6-16(15)23-2/h3-6,18H,7-14H2,1-2H3. The Morgan fingerprint density at radius 3 is 2.57 bits per heavy atom. The van der Waals surface area contributed by atoms with Gasteiger partial charge in [-0.15, -0.1) is 0 Å². The summed E-state index contributed by atoms with van der Waals surface area (Å²) in [5.74, 6) is 1.10. The van der Waals surface area contributed by atoms with Crippen molar-refractivity contribution in [1.29, 1.82) is 0 Å². The van der Waals surface area contributed by atoms with E-state index in [4.69, 9.17) is 9.47 Å². The number of amides is 1. The van der Waals surface area contributed by atoms with Crippen LogP contribution in [-0.2, 0) is 9.53 Å². The number of nitrogens with one attached hydrogen (secondary N) is 1. The zero-order valence-electron chi connectivity index (χ0n) is 14.1. The smallest absolute Gasteiger partial charge is 0.223 e. The van der Waals surface area contributed by atoms with Crippen LogP contribution in [0.15, 0.2) is 24.3 Å². The van der Waals surface area contributed by atoms with Gasteiger partial charge in [0.25, 0.3) is 0 Å². The number of hydrogen-bond donors (Lipinski definition) is 1. The van der Waals surface area contributed by atoms with E-state index in [0.717, 1.165) is 44.2 Å². The van der Waals surface area contributed by atoms with Gasteiger partial charge in [0.15, 0.2) is 0 Å². The van der Waals surface area contributed by atoms with E-state index in [1.54, 1.807) is 14.2 Å². The summed E-state index contributed by atoms with van der Waals surface area (Å²) >= 11 is 0. The molecule has 6 heteroatoms. The molecule has 0 atom stereocenters. The van der Waals surface area contributed by atoms with Crippen molar-refractivity contribution in [2.75, 3.05) is 65.0 Å². The highest BCUT2D eigenvalue weighted by Crippen LogP contribution is 2.28. The molecule has 1 amide bonds. The first-order chi connectivity index (χ1) is 11.3. The average molecular weight is 321 g/mol. The van der Waals surface area contributed by atoms with Crippen LogP contribution in [0.1, 0.15) is 6.42 Å². The van der Waals surface area contributed by atoms with Gasteiger partial charge in [0.05, 0.1) is 19.4 Å². The number of methoxy groups -OCH3 is 2. The zero-order valence-corrected chi connectivity index (χ0v) is 14.1. The Kier molecular flexibility index (Phi) is 7.16. The Bertz CT molecular complexity index is 488. The van der Waals surface area contributed by atoms with E-state index in [1.807, 2.05) is 23.1 Å². The molecule has 0 aromatic heterocycles. The van der Waals surface area contributed by atoms with Crippen molar-refractivity contribution >= 4 is 11.6 Å². The number of hydrogen-bond acceptors (Lipinski definition) is 5. The maximum Gasteiger partial charge on any atom is 0.223 e. The zero-order chi connectivity index (χ0) is 16.5. The summed E-state index contributed by atoms with van der Waals surface area (Å²) in [6.45, 7) is 5.35. The minimum atomic E-state index is 0.217. The SMILES string of the molecule is COCCNCCC(=O)N1CCN(c2ccccc2OC)CC1. The molecule has 0 radical (unpaired) electrons. The van der Waals surface area contributed by atoms with Crippen molar-refractivity contribution < 1.29 is 14.3 Å². The van der Waals surface area contributed by atoms with E-state index in [1.165, 1.54) is 0 Å². The lowest BCUT2D eigenvalue weighted by Crippen LogP contribution is -2.49. The molecular formula is C17H27N3O3. The Morgan fingerprint density at radius 2 is 1.87 bits per heavy atom. The minimum absolute atomic E-state index is 0.217. The number of nitrogens with zero attached hydrogens (tertiary/aromatic N) is 2. The fourth-order valence-corrected chi connectivity index (χ4v) is 2.74. The summed E-state index contributed by atoms with van der Waals surface area (Å²) in [6, 6.07) is 8.02. The predicted octanol–water partition coefficient (Wildman–Crippen LogP) is 0.970. The van der Waals surface area contributed by atoms with Crippen LogP contribution in [-0.4, -0.2) is 70.9 Å². The molecule has 1 N–H and O–H groups in total. The van der Waals surface area contributed by atoms with Gasteiger partial charge in [0.1, 0.15) is 5.75 Å². The van der Waals surface area contributed by atoms with Crippen molar-refractivity contribution in [3.8, 4) is 5.75 Å². The van der Waals surface area contributed by atoms with Gasteiger partial charge in [0, 0.05) is 52.8 Å². The van der Waals surface area contributed by atoms with Crippen LogP contribution in [0, 0.1) is 0 Å². The van der Waals surface area contributed by atoms with Crippen molar-refractivity contribution in [3.05, 3.63) is 24.3 Å². The van der Waals surface area contributed by atoms with Gasteiger partial charge < -0.3 is 24.6 Å². The number of carbonyl (C=O) groups is 1. The van der Waals surface area contributed by atoms with Gasteiger partial charge >= 0.3 is 0 Å². The topological polar surface area (TPSA) is 54.0 Å². The Labute approximate surface area is 138 Å². The van der Waals surface area contributed by atoms with Crippen LogP contribution in [0.25, 0.3) is 0 Å². The van der Waals surface area contributed by atoms with E-state index in [-0.39, 0.29) is 5.91 Å². The second-order valence-electron chi connectivity index (χ2n) is 5.53. The minimum Gasteiger partial charge on any atom is -0.495 e.